The van der Waals surface area contributed by atoms with Crippen LogP contribution in [0.15, 0.2) is 43.0 Å². The largest absolute Gasteiger partial charge is 0.480 e. The van der Waals surface area contributed by atoms with Crippen molar-refractivity contribution in [3.05, 3.63) is 59.7 Å². The first-order valence-electron chi connectivity index (χ1n) is 6.52. The monoisotopic (exact) mass is 283 g/mol. The zero-order valence-electron chi connectivity index (χ0n) is 11.1. The van der Waals surface area contributed by atoms with Crippen LogP contribution in [0.5, 0.6) is 0 Å². The molecule has 0 spiro atoms. The van der Waals surface area contributed by atoms with Gasteiger partial charge in [0.05, 0.1) is 5.56 Å². The summed E-state index contributed by atoms with van der Waals surface area (Å²) in [5.74, 6) is -1.37. The van der Waals surface area contributed by atoms with Crippen molar-refractivity contribution in [2.24, 2.45) is 0 Å². The van der Waals surface area contributed by atoms with Crippen LogP contribution in [0.4, 0.5) is 0 Å². The number of carboxylic acids is 1. The molecule has 6 nitrogen and oxygen atoms in total. The lowest BCUT2D eigenvalue weighted by Crippen LogP contribution is -2.48. The van der Waals surface area contributed by atoms with Crippen LogP contribution < -0.4 is 0 Å². The number of fused-ring (bicyclic) bond motifs is 1. The minimum atomic E-state index is -1.00. The molecule has 1 aliphatic heterocycles. The van der Waals surface area contributed by atoms with E-state index in [1.165, 1.54) is 23.6 Å². The van der Waals surface area contributed by atoms with Crippen LogP contribution in [0.1, 0.15) is 21.5 Å². The molecule has 0 fully saturated rings. The quantitative estimate of drug-likeness (QED) is 0.893. The smallest absolute Gasteiger partial charge is 0.326 e. The average molecular weight is 283 g/mol. The summed E-state index contributed by atoms with van der Waals surface area (Å²) in [6.07, 6.45) is 4.44. The number of hydrogen-bond acceptors (Lipinski definition) is 4. The van der Waals surface area contributed by atoms with Crippen LogP contribution in [0.25, 0.3) is 0 Å². The predicted molar refractivity (Wildman–Crippen MR) is 73.5 cm³/mol. The van der Waals surface area contributed by atoms with E-state index in [2.05, 4.69) is 9.97 Å². The highest BCUT2D eigenvalue weighted by molar-refractivity contribution is 5.96. The number of amides is 1. The van der Waals surface area contributed by atoms with E-state index in [0.29, 0.717) is 12.0 Å². The maximum Gasteiger partial charge on any atom is 0.326 e. The number of carboxylic acid groups (broad SMARTS) is 1. The van der Waals surface area contributed by atoms with Gasteiger partial charge in [0, 0.05) is 25.4 Å². The minimum Gasteiger partial charge on any atom is -0.480 e. The van der Waals surface area contributed by atoms with E-state index in [1.54, 1.807) is 0 Å². The SMILES string of the molecule is O=C(O)[C@@H]1Cc2ccccc2CN1C(=O)c1cncnc1. The van der Waals surface area contributed by atoms with Gasteiger partial charge in [-0.25, -0.2) is 14.8 Å². The van der Waals surface area contributed by atoms with Gasteiger partial charge < -0.3 is 10.0 Å². The van der Waals surface area contributed by atoms with Crippen molar-refractivity contribution in [3.8, 4) is 0 Å². The predicted octanol–water partition coefficient (Wildman–Crippen LogP) is 1.13. The fraction of sp³-hybridized carbons (Fsp3) is 0.200. The van der Waals surface area contributed by atoms with Crippen LogP contribution in [-0.2, 0) is 17.8 Å². The van der Waals surface area contributed by atoms with Crippen molar-refractivity contribution >= 4 is 11.9 Å². The molecular weight excluding hydrogens is 270 g/mol. The second-order valence-corrected chi connectivity index (χ2v) is 4.89. The van der Waals surface area contributed by atoms with Gasteiger partial charge in [-0.1, -0.05) is 24.3 Å². The van der Waals surface area contributed by atoms with Crippen molar-refractivity contribution in [1.29, 1.82) is 0 Å². The molecule has 0 radical (unpaired) electrons. The molecule has 1 aromatic heterocycles. The van der Waals surface area contributed by atoms with Crippen LogP contribution in [0.2, 0.25) is 0 Å². The number of hydrogen-bond donors (Lipinski definition) is 1. The number of rotatable bonds is 2. The van der Waals surface area contributed by atoms with Gasteiger partial charge in [0.2, 0.25) is 0 Å². The van der Waals surface area contributed by atoms with Gasteiger partial charge in [-0.3, -0.25) is 4.79 Å². The molecule has 106 valence electrons. The lowest BCUT2D eigenvalue weighted by molar-refractivity contribution is -0.142. The molecule has 1 aliphatic rings. The number of nitrogens with zero attached hydrogens (tertiary/aromatic N) is 3. The van der Waals surface area contributed by atoms with Crippen molar-refractivity contribution in [2.45, 2.75) is 19.0 Å². The molecule has 2 aromatic rings. The van der Waals surface area contributed by atoms with Gasteiger partial charge in [0.1, 0.15) is 12.4 Å². The summed E-state index contributed by atoms with van der Waals surface area (Å²) >= 11 is 0. The molecule has 1 N–H and O–H groups in total. The van der Waals surface area contributed by atoms with Gasteiger partial charge in [-0.05, 0) is 11.1 Å². The number of aromatic nitrogens is 2. The Morgan fingerprint density at radius 1 is 1.14 bits per heavy atom. The highest BCUT2D eigenvalue weighted by atomic mass is 16.4. The van der Waals surface area contributed by atoms with E-state index in [1.807, 2.05) is 24.3 Å². The number of benzene rings is 1. The Labute approximate surface area is 121 Å². The molecular formula is C15H13N3O3. The van der Waals surface area contributed by atoms with E-state index in [4.69, 9.17) is 0 Å². The van der Waals surface area contributed by atoms with E-state index in [-0.39, 0.29) is 12.5 Å². The van der Waals surface area contributed by atoms with Gasteiger partial charge >= 0.3 is 5.97 Å². The third-order valence-electron chi connectivity index (χ3n) is 3.60. The maximum atomic E-state index is 12.5. The first-order valence-corrected chi connectivity index (χ1v) is 6.52. The zero-order valence-corrected chi connectivity index (χ0v) is 11.1. The summed E-state index contributed by atoms with van der Waals surface area (Å²) in [5, 5.41) is 9.40. The first kappa shape index (κ1) is 13.2. The van der Waals surface area contributed by atoms with Crippen molar-refractivity contribution in [1.82, 2.24) is 14.9 Å². The Morgan fingerprint density at radius 3 is 2.48 bits per heavy atom. The summed E-state index contributed by atoms with van der Waals surface area (Å²) in [6.45, 7) is 0.279. The molecule has 1 atom stereocenters. The third-order valence-corrected chi connectivity index (χ3v) is 3.60. The summed E-state index contributed by atoms with van der Waals surface area (Å²) in [7, 11) is 0. The Balaban J connectivity index is 1.96. The summed E-state index contributed by atoms with van der Waals surface area (Å²) < 4.78 is 0. The zero-order chi connectivity index (χ0) is 14.8. The van der Waals surface area contributed by atoms with Gasteiger partial charge in [-0.2, -0.15) is 0 Å². The number of carbonyl (C=O) groups is 2. The normalized spacial score (nSPS) is 17.1. The molecule has 1 aromatic carbocycles. The standard InChI is InChI=1S/C15H13N3O3/c19-14(12-6-16-9-17-7-12)18-8-11-4-2-1-3-10(11)5-13(18)15(20)21/h1-4,6-7,9,13H,5,8H2,(H,20,21)/t13-/m0/s1. The Kier molecular flexibility index (Phi) is 3.35. The van der Waals surface area contributed by atoms with Crippen LogP contribution in [-0.4, -0.2) is 37.9 Å². The number of carbonyl (C=O) groups excluding carboxylic acids is 1. The molecule has 0 saturated carbocycles. The van der Waals surface area contributed by atoms with E-state index in [9.17, 15) is 14.7 Å². The lowest BCUT2D eigenvalue weighted by Gasteiger charge is -2.34. The summed E-state index contributed by atoms with van der Waals surface area (Å²) in [5.41, 5.74) is 2.24. The second kappa shape index (κ2) is 5.32. The summed E-state index contributed by atoms with van der Waals surface area (Å²) in [6, 6.07) is 6.70. The van der Waals surface area contributed by atoms with E-state index < -0.39 is 12.0 Å². The molecule has 0 bridgehead atoms. The van der Waals surface area contributed by atoms with E-state index in [0.717, 1.165) is 11.1 Å². The number of aliphatic carboxylic acids is 1. The highest BCUT2D eigenvalue weighted by Gasteiger charge is 2.34. The minimum absolute atomic E-state index is 0.279. The maximum absolute atomic E-state index is 12.5. The Hall–Kier alpha value is -2.76. The molecule has 3 rings (SSSR count). The molecule has 0 unspecified atom stereocenters. The highest BCUT2D eigenvalue weighted by Crippen LogP contribution is 2.24. The first-order chi connectivity index (χ1) is 10.2. The lowest BCUT2D eigenvalue weighted by atomic mass is 9.93. The topological polar surface area (TPSA) is 83.4 Å². The molecule has 21 heavy (non-hydrogen) atoms. The molecule has 2 heterocycles. The second-order valence-electron chi connectivity index (χ2n) is 4.89. The van der Waals surface area contributed by atoms with Crippen LogP contribution >= 0.6 is 0 Å². The molecule has 6 heteroatoms. The van der Waals surface area contributed by atoms with Crippen molar-refractivity contribution < 1.29 is 14.7 Å². The molecule has 1 amide bonds. The van der Waals surface area contributed by atoms with Gasteiger partial charge in [-0.15, -0.1) is 0 Å². The molecule has 0 saturated heterocycles. The third kappa shape index (κ3) is 2.47. The van der Waals surface area contributed by atoms with Crippen LogP contribution in [0.3, 0.4) is 0 Å². The fourth-order valence-corrected chi connectivity index (χ4v) is 2.53. The van der Waals surface area contributed by atoms with Crippen molar-refractivity contribution in [3.63, 3.8) is 0 Å². The Bertz CT molecular complexity index is 688. The van der Waals surface area contributed by atoms with Gasteiger partial charge in [0.25, 0.3) is 5.91 Å². The van der Waals surface area contributed by atoms with Crippen molar-refractivity contribution in [2.75, 3.05) is 0 Å². The van der Waals surface area contributed by atoms with Gasteiger partial charge in [0.15, 0.2) is 0 Å². The summed E-state index contributed by atoms with van der Waals surface area (Å²) in [4.78, 5) is 33.0. The molecule has 0 aliphatic carbocycles. The fourth-order valence-electron chi connectivity index (χ4n) is 2.53. The van der Waals surface area contributed by atoms with Crippen LogP contribution in [0, 0.1) is 0 Å². The average Bonchev–Trinajstić information content (AvgIpc) is 2.53. The van der Waals surface area contributed by atoms with E-state index >= 15 is 0 Å². The Morgan fingerprint density at radius 2 is 1.81 bits per heavy atom.